The predicted octanol–water partition coefficient (Wildman–Crippen LogP) is 7.74. The van der Waals surface area contributed by atoms with E-state index < -0.39 is 0 Å². The Bertz CT molecular complexity index is 1590. The third-order valence-corrected chi connectivity index (χ3v) is 6.00. The van der Waals surface area contributed by atoms with Crippen LogP contribution in [0.2, 0.25) is 5.02 Å². The number of hydrogen-bond donors (Lipinski definition) is 0. The molecular weight excluding hydrogens is 452 g/mol. The number of para-hydroxylation sites is 1. The van der Waals surface area contributed by atoms with Crippen LogP contribution in [0.3, 0.4) is 0 Å². The van der Waals surface area contributed by atoms with Crippen molar-refractivity contribution in [1.29, 1.82) is 0 Å². The van der Waals surface area contributed by atoms with Gasteiger partial charge in [0.1, 0.15) is 0 Å². The summed E-state index contributed by atoms with van der Waals surface area (Å²) in [7, 11) is 0. The molecule has 5 heteroatoms. The maximum absolute atomic E-state index is 6.59. The van der Waals surface area contributed by atoms with E-state index in [0.29, 0.717) is 22.5 Å². The highest BCUT2D eigenvalue weighted by Crippen LogP contribution is 2.31. The van der Waals surface area contributed by atoms with E-state index in [1.807, 2.05) is 97.2 Å². The van der Waals surface area contributed by atoms with Gasteiger partial charge in [-0.15, -0.1) is 0 Å². The zero-order valence-electron chi connectivity index (χ0n) is 18.6. The van der Waals surface area contributed by atoms with Crippen LogP contribution in [-0.2, 0) is 0 Å². The topological polar surface area (TPSA) is 51.6 Å². The molecule has 6 rings (SSSR count). The van der Waals surface area contributed by atoms with Crippen LogP contribution in [0.25, 0.3) is 56.2 Å². The lowest BCUT2D eigenvalue weighted by Gasteiger charge is -2.10. The van der Waals surface area contributed by atoms with Gasteiger partial charge in [-0.2, -0.15) is 0 Å². The number of fused-ring (bicyclic) bond motifs is 1. The summed E-state index contributed by atoms with van der Waals surface area (Å²) < 4.78 is 0. The molecule has 0 bridgehead atoms. The third kappa shape index (κ3) is 4.39. The maximum Gasteiger partial charge on any atom is 0.164 e. The number of aromatic nitrogens is 4. The fourth-order valence-electron chi connectivity index (χ4n) is 4.05. The van der Waals surface area contributed by atoms with Crippen LogP contribution in [0.4, 0.5) is 0 Å². The molecule has 0 aliphatic carbocycles. The second-order valence-corrected chi connectivity index (χ2v) is 8.62. The Balaban J connectivity index is 1.51. The van der Waals surface area contributed by atoms with Crippen molar-refractivity contribution in [2.75, 3.05) is 0 Å². The van der Waals surface area contributed by atoms with Gasteiger partial charge in [0.05, 0.1) is 5.52 Å². The van der Waals surface area contributed by atoms with E-state index >= 15 is 0 Å². The summed E-state index contributed by atoms with van der Waals surface area (Å²) in [6.07, 6.45) is 1.87. The number of hydrogen-bond acceptors (Lipinski definition) is 4. The van der Waals surface area contributed by atoms with Gasteiger partial charge in [0, 0.05) is 38.9 Å². The normalized spacial score (nSPS) is 11.0. The Morgan fingerprint density at radius 2 is 1.00 bits per heavy atom. The Morgan fingerprint density at radius 1 is 0.457 bits per heavy atom. The van der Waals surface area contributed by atoms with Gasteiger partial charge in [0.25, 0.3) is 0 Å². The zero-order chi connectivity index (χ0) is 23.6. The van der Waals surface area contributed by atoms with E-state index in [9.17, 15) is 0 Å². The average Bonchev–Trinajstić information content (AvgIpc) is 2.93. The monoisotopic (exact) mass is 470 g/mol. The lowest BCUT2D eigenvalue weighted by Crippen LogP contribution is -2.00. The van der Waals surface area contributed by atoms with Crippen molar-refractivity contribution in [3.63, 3.8) is 0 Å². The summed E-state index contributed by atoms with van der Waals surface area (Å²) in [6, 6.07) is 35.9. The van der Waals surface area contributed by atoms with Crippen LogP contribution in [0, 0.1) is 0 Å². The molecule has 2 heterocycles. The molecule has 0 atom stereocenters. The summed E-state index contributed by atoms with van der Waals surface area (Å²) in [6.45, 7) is 0. The van der Waals surface area contributed by atoms with Gasteiger partial charge in [-0.25, -0.2) is 15.0 Å². The Kier molecular flexibility index (Phi) is 5.49. The second-order valence-electron chi connectivity index (χ2n) is 8.18. The molecule has 4 aromatic carbocycles. The molecule has 0 aliphatic rings. The molecule has 4 nitrogen and oxygen atoms in total. The van der Waals surface area contributed by atoms with Gasteiger partial charge in [-0.1, -0.05) is 90.5 Å². The van der Waals surface area contributed by atoms with Gasteiger partial charge in [-0.3, -0.25) is 4.98 Å². The van der Waals surface area contributed by atoms with Crippen molar-refractivity contribution in [2.45, 2.75) is 0 Å². The van der Waals surface area contributed by atoms with Crippen molar-refractivity contribution < 1.29 is 0 Å². The molecule has 0 spiro atoms. The molecule has 0 N–H and O–H groups in total. The minimum Gasteiger partial charge on any atom is -0.256 e. The van der Waals surface area contributed by atoms with Crippen LogP contribution >= 0.6 is 11.6 Å². The molecule has 6 aromatic rings. The van der Waals surface area contributed by atoms with Crippen molar-refractivity contribution in [3.05, 3.63) is 120 Å². The van der Waals surface area contributed by atoms with Crippen LogP contribution in [0.15, 0.2) is 115 Å². The fourth-order valence-corrected chi connectivity index (χ4v) is 4.29. The number of nitrogens with zero attached hydrogens (tertiary/aromatic N) is 4. The third-order valence-electron chi connectivity index (χ3n) is 5.78. The highest BCUT2D eigenvalue weighted by Gasteiger charge is 2.14. The SMILES string of the molecule is Clc1cc(-c2cnc3ccccc3c2)cc(-c2nc(-c3ccccc3)nc(-c3ccccc3)n2)c1. The van der Waals surface area contributed by atoms with Gasteiger partial charge in [-0.05, 0) is 35.9 Å². The van der Waals surface area contributed by atoms with Crippen molar-refractivity contribution in [2.24, 2.45) is 0 Å². The van der Waals surface area contributed by atoms with Crippen molar-refractivity contribution in [3.8, 4) is 45.3 Å². The minimum atomic E-state index is 0.565. The molecule has 166 valence electrons. The number of halogens is 1. The highest BCUT2D eigenvalue weighted by atomic mass is 35.5. The van der Waals surface area contributed by atoms with Crippen LogP contribution < -0.4 is 0 Å². The molecule has 0 saturated heterocycles. The van der Waals surface area contributed by atoms with E-state index in [1.54, 1.807) is 0 Å². The fraction of sp³-hybridized carbons (Fsp3) is 0. The quantitative estimate of drug-likeness (QED) is 0.264. The van der Waals surface area contributed by atoms with Crippen LogP contribution in [0.1, 0.15) is 0 Å². The second kappa shape index (κ2) is 9.09. The Labute approximate surface area is 208 Å². The summed E-state index contributed by atoms with van der Waals surface area (Å²) in [4.78, 5) is 19.0. The van der Waals surface area contributed by atoms with Crippen molar-refractivity contribution in [1.82, 2.24) is 19.9 Å². The molecule has 0 amide bonds. The molecular formula is C30H19ClN4. The average molecular weight is 471 g/mol. The highest BCUT2D eigenvalue weighted by molar-refractivity contribution is 6.31. The molecule has 0 aliphatic heterocycles. The molecule has 35 heavy (non-hydrogen) atoms. The number of rotatable bonds is 4. The number of benzene rings is 4. The standard InChI is InChI=1S/C30H19ClN4/c31-26-17-23(25-15-22-13-7-8-14-27(22)32-19-25)16-24(18-26)30-34-28(20-9-3-1-4-10-20)33-29(35-30)21-11-5-2-6-12-21/h1-19H. The van der Waals surface area contributed by atoms with Gasteiger partial charge < -0.3 is 0 Å². The molecule has 0 fully saturated rings. The summed E-state index contributed by atoms with van der Waals surface area (Å²) in [5, 5.41) is 1.68. The lowest BCUT2D eigenvalue weighted by atomic mass is 10.0. The van der Waals surface area contributed by atoms with Gasteiger partial charge in [0.2, 0.25) is 0 Å². The first-order valence-electron chi connectivity index (χ1n) is 11.3. The van der Waals surface area contributed by atoms with Crippen LogP contribution in [-0.4, -0.2) is 19.9 Å². The first-order valence-corrected chi connectivity index (χ1v) is 11.6. The van der Waals surface area contributed by atoms with E-state index in [-0.39, 0.29) is 0 Å². The van der Waals surface area contributed by atoms with E-state index in [2.05, 4.69) is 23.2 Å². The molecule has 2 aromatic heterocycles. The Hall–Kier alpha value is -4.41. The summed E-state index contributed by atoms with van der Waals surface area (Å²) >= 11 is 6.59. The lowest BCUT2D eigenvalue weighted by molar-refractivity contribution is 1.07. The predicted molar refractivity (Wildman–Crippen MR) is 142 cm³/mol. The minimum absolute atomic E-state index is 0.565. The Morgan fingerprint density at radius 3 is 1.66 bits per heavy atom. The molecule has 0 saturated carbocycles. The van der Waals surface area contributed by atoms with Gasteiger partial charge >= 0.3 is 0 Å². The smallest absolute Gasteiger partial charge is 0.164 e. The summed E-state index contributed by atoms with van der Waals surface area (Å²) in [5.74, 6) is 1.79. The molecule has 0 radical (unpaired) electrons. The first-order chi connectivity index (χ1) is 17.2. The largest absolute Gasteiger partial charge is 0.256 e. The summed E-state index contributed by atoms with van der Waals surface area (Å²) in [5.41, 5.74) is 5.55. The van der Waals surface area contributed by atoms with E-state index in [4.69, 9.17) is 26.6 Å². The number of pyridine rings is 1. The maximum atomic E-state index is 6.59. The zero-order valence-corrected chi connectivity index (χ0v) is 19.4. The van der Waals surface area contributed by atoms with Crippen LogP contribution in [0.5, 0.6) is 0 Å². The van der Waals surface area contributed by atoms with E-state index in [1.165, 1.54) is 0 Å². The van der Waals surface area contributed by atoms with Gasteiger partial charge in [0.15, 0.2) is 17.5 Å². The molecule has 0 unspecified atom stereocenters. The first kappa shape index (κ1) is 21.1. The van der Waals surface area contributed by atoms with E-state index in [0.717, 1.165) is 38.7 Å². The van der Waals surface area contributed by atoms with Crippen molar-refractivity contribution >= 4 is 22.5 Å².